The predicted molar refractivity (Wildman–Crippen MR) is 78.0 cm³/mol. The minimum Gasteiger partial charge on any atom is -0.494 e. The number of hydrogen-bond acceptors (Lipinski definition) is 4. The van der Waals surface area contributed by atoms with Gasteiger partial charge in [0.1, 0.15) is 5.75 Å². The predicted octanol–water partition coefficient (Wildman–Crippen LogP) is 2.01. The number of hydrogen-bond donors (Lipinski definition) is 2. The minimum absolute atomic E-state index is 0.0796. The van der Waals surface area contributed by atoms with Crippen LogP contribution in [-0.4, -0.2) is 33.4 Å². The second-order valence-electron chi connectivity index (χ2n) is 5.59. The van der Waals surface area contributed by atoms with Gasteiger partial charge >= 0.3 is 0 Å². The Balaban J connectivity index is 2.22. The molecule has 4 nitrogen and oxygen atoms in total. The summed E-state index contributed by atoms with van der Waals surface area (Å²) in [5, 5.41) is 3.51. The van der Waals surface area contributed by atoms with E-state index in [0.29, 0.717) is 6.54 Å². The lowest BCUT2D eigenvalue weighted by atomic mass is 9.86. The third-order valence-corrected chi connectivity index (χ3v) is 4.08. The zero-order valence-electron chi connectivity index (χ0n) is 12.3. The van der Waals surface area contributed by atoms with Gasteiger partial charge < -0.3 is 20.5 Å². The van der Waals surface area contributed by atoms with E-state index in [1.54, 1.807) is 7.11 Å². The normalized spacial score (nSPS) is 16.9. The lowest BCUT2D eigenvalue weighted by Crippen LogP contribution is -2.52. The number of ether oxygens (including phenoxy) is 2. The van der Waals surface area contributed by atoms with E-state index in [9.17, 15) is 0 Å². The molecule has 0 saturated carbocycles. The molecule has 0 unspecified atom stereocenters. The first-order valence-electron chi connectivity index (χ1n) is 6.69. The van der Waals surface area contributed by atoms with Crippen molar-refractivity contribution in [1.82, 2.24) is 0 Å². The summed E-state index contributed by atoms with van der Waals surface area (Å²) in [6.07, 6.45) is 0. The van der Waals surface area contributed by atoms with Crippen LogP contribution in [0.25, 0.3) is 0 Å². The van der Waals surface area contributed by atoms with Crippen LogP contribution in [0.15, 0.2) is 6.07 Å². The Morgan fingerprint density at radius 1 is 1.32 bits per heavy atom. The van der Waals surface area contributed by atoms with E-state index < -0.39 is 0 Å². The number of rotatable bonds is 5. The fourth-order valence-corrected chi connectivity index (χ4v) is 2.48. The van der Waals surface area contributed by atoms with Crippen molar-refractivity contribution in [3.05, 3.63) is 22.8 Å². The summed E-state index contributed by atoms with van der Waals surface area (Å²) in [4.78, 5) is 0. The van der Waals surface area contributed by atoms with Crippen molar-refractivity contribution in [3.8, 4) is 5.75 Å². The van der Waals surface area contributed by atoms with Crippen LogP contribution in [0.5, 0.6) is 5.75 Å². The molecule has 1 heterocycles. The summed E-state index contributed by atoms with van der Waals surface area (Å²) in [6, 6.07) is 2.19. The molecular formula is C15H24N2O2. The van der Waals surface area contributed by atoms with Gasteiger partial charge in [-0.05, 0) is 37.5 Å². The summed E-state index contributed by atoms with van der Waals surface area (Å²) in [5.74, 6) is 0.935. The second-order valence-corrected chi connectivity index (χ2v) is 5.59. The van der Waals surface area contributed by atoms with E-state index in [1.165, 1.54) is 16.7 Å². The maximum atomic E-state index is 5.84. The molecule has 0 aliphatic carbocycles. The first-order chi connectivity index (χ1) is 9.03. The summed E-state index contributed by atoms with van der Waals surface area (Å²) in [7, 11) is 1.72. The topological polar surface area (TPSA) is 56.5 Å². The van der Waals surface area contributed by atoms with E-state index in [2.05, 4.69) is 32.2 Å². The van der Waals surface area contributed by atoms with E-state index in [-0.39, 0.29) is 5.41 Å². The molecule has 2 rings (SSSR count). The van der Waals surface area contributed by atoms with Crippen molar-refractivity contribution in [2.24, 2.45) is 11.1 Å². The molecule has 1 aliphatic rings. The van der Waals surface area contributed by atoms with E-state index in [4.69, 9.17) is 15.2 Å². The molecular weight excluding hydrogens is 240 g/mol. The number of methoxy groups -OCH3 is 1. The Bertz CT molecular complexity index is 462. The third kappa shape index (κ3) is 2.55. The van der Waals surface area contributed by atoms with Gasteiger partial charge in [0.05, 0.1) is 26.0 Å². The monoisotopic (exact) mass is 264 g/mol. The van der Waals surface area contributed by atoms with Gasteiger partial charge in [0.25, 0.3) is 0 Å². The van der Waals surface area contributed by atoms with Crippen LogP contribution in [-0.2, 0) is 4.74 Å². The van der Waals surface area contributed by atoms with Crippen LogP contribution < -0.4 is 15.8 Å². The first kappa shape index (κ1) is 14.2. The van der Waals surface area contributed by atoms with Gasteiger partial charge in [0, 0.05) is 18.5 Å². The summed E-state index contributed by atoms with van der Waals surface area (Å²) < 4.78 is 10.9. The van der Waals surface area contributed by atoms with Crippen LogP contribution >= 0.6 is 0 Å². The Morgan fingerprint density at radius 2 is 2.00 bits per heavy atom. The highest BCUT2D eigenvalue weighted by Gasteiger charge is 2.37. The summed E-state index contributed by atoms with van der Waals surface area (Å²) >= 11 is 0. The fraction of sp³-hybridized carbons (Fsp3) is 0.600. The Morgan fingerprint density at radius 3 is 2.47 bits per heavy atom. The molecule has 106 valence electrons. The van der Waals surface area contributed by atoms with Crippen molar-refractivity contribution < 1.29 is 9.47 Å². The SMILES string of the molecule is COc1c(C)c(C)cc(C)c1NCC1(CN)COC1. The quantitative estimate of drug-likeness (QED) is 0.854. The van der Waals surface area contributed by atoms with Crippen LogP contribution in [0, 0.1) is 26.2 Å². The summed E-state index contributed by atoms with van der Waals surface area (Å²) in [6.45, 7) is 9.24. The molecule has 0 spiro atoms. The molecule has 4 heteroatoms. The zero-order chi connectivity index (χ0) is 14.0. The molecule has 1 aromatic rings. The molecule has 0 aromatic heterocycles. The van der Waals surface area contributed by atoms with Crippen molar-refractivity contribution in [2.75, 3.05) is 38.7 Å². The van der Waals surface area contributed by atoms with E-state index in [1.807, 2.05) is 0 Å². The standard InChI is InChI=1S/C15H24N2O2/c1-10-5-11(2)13(14(18-4)12(10)3)17-7-15(6-16)8-19-9-15/h5,17H,6-9,16H2,1-4H3. The second kappa shape index (κ2) is 5.39. The van der Waals surface area contributed by atoms with Gasteiger partial charge in [-0.1, -0.05) is 6.07 Å². The number of anilines is 1. The van der Waals surface area contributed by atoms with E-state index in [0.717, 1.165) is 31.2 Å². The molecule has 1 fully saturated rings. The highest BCUT2D eigenvalue weighted by molar-refractivity contribution is 5.66. The molecule has 1 saturated heterocycles. The van der Waals surface area contributed by atoms with Gasteiger partial charge in [0.2, 0.25) is 0 Å². The van der Waals surface area contributed by atoms with Crippen molar-refractivity contribution in [3.63, 3.8) is 0 Å². The molecule has 1 aliphatic heterocycles. The molecule has 0 radical (unpaired) electrons. The van der Waals surface area contributed by atoms with Gasteiger partial charge in [-0.15, -0.1) is 0 Å². The molecule has 0 amide bonds. The van der Waals surface area contributed by atoms with Crippen molar-refractivity contribution >= 4 is 5.69 Å². The summed E-state index contributed by atoms with van der Waals surface area (Å²) in [5.41, 5.74) is 10.6. The number of benzene rings is 1. The number of nitrogens with one attached hydrogen (secondary N) is 1. The fourth-order valence-electron chi connectivity index (χ4n) is 2.48. The molecule has 1 aromatic carbocycles. The Hall–Kier alpha value is -1.26. The van der Waals surface area contributed by atoms with Gasteiger partial charge in [-0.3, -0.25) is 0 Å². The van der Waals surface area contributed by atoms with Crippen LogP contribution in [0.3, 0.4) is 0 Å². The van der Waals surface area contributed by atoms with Gasteiger partial charge in [-0.25, -0.2) is 0 Å². The zero-order valence-corrected chi connectivity index (χ0v) is 12.3. The lowest BCUT2D eigenvalue weighted by molar-refractivity contribution is -0.0979. The highest BCUT2D eigenvalue weighted by Crippen LogP contribution is 2.35. The smallest absolute Gasteiger partial charge is 0.145 e. The number of aryl methyl sites for hydroxylation is 2. The average molecular weight is 264 g/mol. The Labute approximate surface area is 115 Å². The molecule has 0 atom stereocenters. The lowest BCUT2D eigenvalue weighted by Gasteiger charge is -2.41. The van der Waals surface area contributed by atoms with Crippen molar-refractivity contribution in [1.29, 1.82) is 0 Å². The van der Waals surface area contributed by atoms with Crippen molar-refractivity contribution in [2.45, 2.75) is 20.8 Å². The molecule has 19 heavy (non-hydrogen) atoms. The van der Waals surface area contributed by atoms with E-state index >= 15 is 0 Å². The maximum absolute atomic E-state index is 5.84. The Kier molecular flexibility index (Phi) is 4.02. The van der Waals surface area contributed by atoms with Crippen LogP contribution in [0.1, 0.15) is 16.7 Å². The molecule has 0 bridgehead atoms. The first-order valence-corrected chi connectivity index (χ1v) is 6.69. The number of nitrogens with two attached hydrogens (primary N) is 1. The van der Waals surface area contributed by atoms with Gasteiger partial charge in [0.15, 0.2) is 0 Å². The minimum atomic E-state index is 0.0796. The van der Waals surface area contributed by atoms with Crippen LogP contribution in [0.2, 0.25) is 0 Å². The van der Waals surface area contributed by atoms with Crippen LogP contribution in [0.4, 0.5) is 5.69 Å². The maximum Gasteiger partial charge on any atom is 0.145 e. The third-order valence-electron chi connectivity index (χ3n) is 4.08. The van der Waals surface area contributed by atoms with Gasteiger partial charge in [-0.2, -0.15) is 0 Å². The highest BCUT2D eigenvalue weighted by atomic mass is 16.5. The largest absolute Gasteiger partial charge is 0.494 e. The molecule has 3 N–H and O–H groups in total. The average Bonchev–Trinajstić information content (AvgIpc) is 2.34.